The standard InChI is InChI=1S/C49H89NO7/c1-6-8-10-12-14-16-18-20-22-23-24-26-28-30-32-34-36-38-40-48(52)57-45(43-55-42-41-46(49(53)54)50(3,4)5)44-56-47(51)39-37-35-33-31-29-27-25-21-19-17-15-13-11-9-7-2/h16,18,21-23,25,45-46H,6-15,17,19-20,24,26-44H2,1-5H3/b18-16-,23-22-,25-21-. The van der Waals surface area contributed by atoms with E-state index in [0.29, 0.717) is 12.8 Å². The number of rotatable bonds is 42. The molecule has 0 aromatic rings. The van der Waals surface area contributed by atoms with Crippen LogP contribution in [-0.4, -0.2) is 75.5 Å². The van der Waals surface area contributed by atoms with E-state index < -0.39 is 18.1 Å². The van der Waals surface area contributed by atoms with Crippen molar-refractivity contribution in [1.82, 2.24) is 0 Å². The molecule has 2 unspecified atom stereocenters. The van der Waals surface area contributed by atoms with Gasteiger partial charge in [-0.1, -0.05) is 153 Å². The van der Waals surface area contributed by atoms with Crippen molar-refractivity contribution >= 4 is 17.9 Å². The van der Waals surface area contributed by atoms with E-state index in [2.05, 4.69) is 50.3 Å². The average molecular weight is 804 g/mol. The number of carbonyl (C=O) groups is 3. The van der Waals surface area contributed by atoms with Crippen LogP contribution < -0.4 is 5.11 Å². The van der Waals surface area contributed by atoms with Crippen molar-refractivity contribution in [2.75, 3.05) is 41.0 Å². The smallest absolute Gasteiger partial charge is 0.306 e. The minimum Gasteiger partial charge on any atom is -0.544 e. The molecule has 0 saturated carbocycles. The average Bonchev–Trinajstić information content (AvgIpc) is 3.17. The van der Waals surface area contributed by atoms with Gasteiger partial charge in [-0.25, -0.2) is 0 Å². The molecule has 0 aliphatic heterocycles. The van der Waals surface area contributed by atoms with Gasteiger partial charge in [-0.05, 0) is 70.6 Å². The summed E-state index contributed by atoms with van der Waals surface area (Å²) in [5.41, 5.74) is 0. The number of likely N-dealkylation sites (N-methyl/N-ethyl adjacent to an activating group) is 1. The predicted octanol–water partition coefficient (Wildman–Crippen LogP) is 11.7. The third kappa shape index (κ3) is 38.8. The van der Waals surface area contributed by atoms with E-state index >= 15 is 0 Å². The number of ether oxygens (including phenoxy) is 3. The zero-order chi connectivity index (χ0) is 42.1. The number of nitrogens with zero attached hydrogens (tertiary/aromatic N) is 1. The maximum Gasteiger partial charge on any atom is 0.306 e. The van der Waals surface area contributed by atoms with Crippen molar-refractivity contribution in [3.05, 3.63) is 36.5 Å². The summed E-state index contributed by atoms with van der Waals surface area (Å²) in [6.07, 6.45) is 45.9. The van der Waals surface area contributed by atoms with Gasteiger partial charge in [0.2, 0.25) is 0 Å². The van der Waals surface area contributed by atoms with E-state index in [-0.39, 0.29) is 42.7 Å². The molecule has 0 aromatic carbocycles. The van der Waals surface area contributed by atoms with Gasteiger partial charge in [-0.15, -0.1) is 0 Å². The van der Waals surface area contributed by atoms with Crippen LogP contribution in [0, 0.1) is 0 Å². The first-order chi connectivity index (χ1) is 27.6. The van der Waals surface area contributed by atoms with E-state index in [1.807, 2.05) is 0 Å². The second-order valence-electron chi connectivity index (χ2n) is 17.0. The Labute approximate surface area is 351 Å². The summed E-state index contributed by atoms with van der Waals surface area (Å²) in [6.45, 7) is 4.63. The highest BCUT2D eigenvalue weighted by atomic mass is 16.6. The molecule has 0 spiro atoms. The van der Waals surface area contributed by atoms with Crippen LogP contribution in [0.1, 0.15) is 206 Å². The Morgan fingerprint density at radius 2 is 0.930 bits per heavy atom. The normalized spacial score (nSPS) is 13.2. The molecule has 0 fully saturated rings. The molecule has 0 aliphatic rings. The fraction of sp³-hybridized carbons (Fsp3) is 0.816. The van der Waals surface area contributed by atoms with E-state index in [9.17, 15) is 19.5 Å². The highest BCUT2D eigenvalue weighted by molar-refractivity contribution is 5.70. The van der Waals surface area contributed by atoms with Gasteiger partial charge in [0.25, 0.3) is 0 Å². The van der Waals surface area contributed by atoms with E-state index in [4.69, 9.17) is 14.2 Å². The van der Waals surface area contributed by atoms with Crippen LogP contribution >= 0.6 is 0 Å². The van der Waals surface area contributed by atoms with Gasteiger partial charge < -0.3 is 28.6 Å². The Bertz CT molecular complexity index is 1030. The Hall–Kier alpha value is -2.45. The first-order valence-electron chi connectivity index (χ1n) is 23.5. The molecule has 2 atom stereocenters. The minimum absolute atomic E-state index is 0.0361. The van der Waals surface area contributed by atoms with Crippen molar-refractivity contribution in [1.29, 1.82) is 0 Å². The first-order valence-corrected chi connectivity index (χ1v) is 23.5. The highest BCUT2D eigenvalue weighted by Crippen LogP contribution is 2.14. The summed E-state index contributed by atoms with van der Waals surface area (Å²) in [6, 6.07) is -0.728. The van der Waals surface area contributed by atoms with Gasteiger partial charge in [0.05, 0.1) is 40.3 Å². The predicted molar refractivity (Wildman–Crippen MR) is 236 cm³/mol. The van der Waals surface area contributed by atoms with Crippen molar-refractivity contribution in [2.45, 2.75) is 219 Å². The number of carboxylic acids is 1. The number of hydrogen-bond acceptors (Lipinski definition) is 7. The lowest BCUT2D eigenvalue weighted by Crippen LogP contribution is -2.55. The number of aliphatic carboxylic acids is 1. The zero-order valence-corrected chi connectivity index (χ0v) is 37.8. The van der Waals surface area contributed by atoms with Gasteiger partial charge in [0.15, 0.2) is 6.10 Å². The number of quaternary nitrogens is 1. The molecular weight excluding hydrogens is 715 g/mol. The lowest BCUT2D eigenvalue weighted by atomic mass is 10.1. The van der Waals surface area contributed by atoms with Crippen LogP contribution in [-0.2, 0) is 28.6 Å². The summed E-state index contributed by atoms with van der Waals surface area (Å²) in [4.78, 5) is 36.9. The van der Waals surface area contributed by atoms with Crippen LogP contribution in [0.4, 0.5) is 0 Å². The highest BCUT2D eigenvalue weighted by Gasteiger charge is 2.25. The van der Waals surface area contributed by atoms with Gasteiger partial charge in [0.1, 0.15) is 12.6 Å². The van der Waals surface area contributed by atoms with Gasteiger partial charge in [-0.2, -0.15) is 0 Å². The molecule has 0 heterocycles. The van der Waals surface area contributed by atoms with Crippen molar-refractivity contribution in [3.8, 4) is 0 Å². The molecule has 57 heavy (non-hydrogen) atoms. The maximum atomic E-state index is 12.7. The molecule has 0 saturated heterocycles. The number of hydrogen-bond donors (Lipinski definition) is 0. The number of carbonyl (C=O) groups excluding carboxylic acids is 3. The van der Waals surface area contributed by atoms with E-state index in [0.717, 1.165) is 64.2 Å². The molecule has 0 aliphatic carbocycles. The van der Waals surface area contributed by atoms with Crippen molar-refractivity contribution in [2.24, 2.45) is 0 Å². The summed E-state index contributed by atoms with van der Waals surface area (Å²) < 4.78 is 17.2. The van der Waals surface area contributed by atoms with Crippen molar-refractivity contribution < 1.29 is 38.2 Å². The Balaban J connectivity index is 4.33. The second-order valence-corrected chi connectivity index (χ2v) is 17.0. The van der Waals surface area contributed by atoms with E-state index in [1.54, 1.807) is 21.1 Å². The van der Waals surface area contributed by atoms with E-state index in [1.165, 1.54) is 109 Å². The topological polar surface area (TPSA) is 102 Å². The molecule has 8 heteroatoms. The Kier molecular flexibility index (Phi) is 38.6. The molecule has 0 N–H and O–H groups in total. The minimum atomic E-state index is -1.13. The van der Waals surface area contributed by atoms with Crippen LogP contribution in [0.2, 0.25) is 0 Å². The third-order valence-electron chi connectivity index (χ3n) is 10.5. The fourth-order valence-corrected chi connectivity index (χ4v) is 6.80. The van der Waals surface area contributed by atoms with Gasteiger partial charge in [-0.3, -0.25) is 9.59 Å². The van der Waals surface area contributed by atoms with Crippen LogP contribution in [0.25, 0.3) is 0 Å². The fourth-order valence-electron chi connectivity index (χ4n) is 6.80. The second kappa shape index (κ2) is 40.3. The molecule has 332 valence electrons. The van der Waals surface area contributed by atoms with Gasteiger partial charge >= 0.3 is 11.9 Å². The zero-order valence-electron chi connectivity index (χ0n) is 37.8. The van der Waals surface area contributed by atoms with Crippen LogP contribution in [0.3, 0.4) is 0 Å². The molecule has 0 bridgehead atoms. The third-order valence-corrected chi connectivity index (χ3v) is 10.5. The Morgan fingerprint density at radius 1 is 0.526 bits per heavy atom. The Morgan fingerprint density at radius 3 is 1.39 bits per heavy atom. The summed E-state index contributed by atoms with van der Waals surface area (Å²) >= 11 is 0. The number of carboxylic acid groups (broad SMARTS) is 1. The lowest BCUT2D eigenvalue weighted by molar-refractivity contribution is -0.889. The summed E-state index contributed by atoms with van der Waals surface area (Å²) in [5.74, 6) is -1.75. The number of allylic oxidation sites excluding steroid dienone is 6. The summed E-state index contributed by atoms with van der Waals surface area (Å²) in [7, 11) is 5.41. The molecular formula is C49H89NO7. The van der Waals surface area contributed by atoms with Crippen LogP contribution in [0.5, 0.6) is 0 Å². The van der Waals surface area contributed by atoms with Crippen molar-refractivity contribution in [3.63, 3.8) is 0 Å². The van der Waals surface area contributed by atoms with Gasteiger partial charge in [0, 0.05) is 19.3 Å². The molecule has 0 aromatic heterocycles. The SMILES string of the molecule is CCCCCC/C=C\C/C=C\CCCCCCCCCC(=O)OC(COCCC(C(=O)[O-])[N+](C)(C)C)COC(=O)CCCCCCC/C=C\CCCCCCCC. The lowest BCUT2D eigenvalue weighted by Gasteiger charge is -2.34. The molecule has 0 amide bonds. The monoisotopic (exact) mass is 804 g/mol. The molecule has 0 rings (SSSR count). The quantitative estimate of drug-likeness (QED) is 0.0262. The largest absolute Gasteiger partial charge is 0.544 e. The number of esters is 2. The maximum absolute atomic E-state index is 12.7. The van der Waals surface area contributed by atoms with Crippen LogP contribution in [0.15, 0.2) is 36.5 Å². The first kappa shape index (κ1) is 54.6. The molecule has 0 radical (unpaired) electrons. The number of unbranched alkanes of at least 4 members (excludes halogenated alkanes) is 22. The summed E-state index contributed by atoms with van der Waals surface area (Å²) in [5, 5.41) is 11.6. The molecule has 8 nitrogen and oxygen atoms in total.